The number of nitrogens with zero attached hydrogens (tertiary/aromatic N) is 2. The molecule has 19 heavy (non-hydrogen) atoms. The molecule has 0 fully saturated rings. The maximum Gasteiger partial charge on any atom is 0.435 e. The lowest BCUT2D eigenvalue weighted by molar-refractivity contribution is -0.141. The normalized spacial score (nSPS) is 11.8. The van der Waals surface area contributed by atoms with Crippen LogP contribution in [0.25, 0.3) is 5.69 Å². The van der Waals surface area contributed by atoms with Crippen LogP contribution in [0.4, 0.5) is 13.2 Å². The van der Waals surface area contributed by atoms with Crippen molar-refractivity contribution in [1.29, 1.82) is 0 Å². The van der Waals surface area contributed by atoms with Crippen molar-refractivity contribution in [2.75, 3.05) is 6.54 Å². The molecule has 1 aromatic carbocycles. The molecule has 3 nitrogen and oxygen atoms in total. The van der Waals surface area contributed by atoms with Crippen LogP contribution in [0.15, 0.2) is 30.5 Å². The lowest BCUT2D eigenvalue weighted by Gasteiger charge is -2.07. The molecule has 0 aliphatic heterocycles. The van der Waals surface area contributed by atoms with E-state index in [1.54, 1.807) is 18.2 Å². The Hall–Kier alpha value is -1.53. The van der Waals surface area contributed by atoms with E-state index in [1.165, 1.54) is 6.20 Å². The third-order valence-corrected chi connectivity index (χ3v) is 2.87. The molecule has 0 saturated carbocycles. The van der Waals surface area contributed by atoms with E-state index in [2.05, 4.69) is 5.10 Å². The lowest BCUT2D eigenvalue weighted by atomic mass is 10.1. The van der Waals surface area contributed by atoms with Gasteiger partial charge in [0, 0.05) is 6.20 Å². The van der Waals surface area contributed by atoms with Crippen molar-refractivity contribution >= 4 is 11.6 Å². The van der Waals surface area contributed by atoms with Gasteiger partial charge in [-0.2, -0.15) is 18.3 Å². The Morgan fingerprint density at radius 3 is 2.53 bits per heavy atom. The summed E-state index contributed by atoms with van der Waals surface area (Å²) in [6, 6.07) is 5.98. The number of rotatable bonds is 3. The highest BCUT2D eigenvalue weighted by molar-refractivity contribution is 6.32. The van der Waals surface area contributed by atoms with Gasteiger partial charge in [-0.25, -0.2) is 4.68 Å². The van der Waals surface area contributed by atoms with E-state index in [1.807, 2.05) is 0 Å². The summed E-state index contributed by atoms with van der Waals surface area (Å²) in [5, 5.41) is 3.81. The molecule has 0 saturated heterocycles. The SMILES string of the molecule is NCCc1ccc(-n2ccc(C(F)(F)F)n2)c(Cl)c1. The van der Waals surface area contributed by atoms with Crippen LogP contribution in [0.1, 0.15) is 11.3 Å². The van der Waals surface area contributed by atoms with Crippen LogP contribution in [0.2, 0.25) is 5.02 Å². The van der Waals surface area contributed by atoms with Crippen LogP contribution in [0.5, 0.6) is 0 Å². The number of nitrogens with two attached hydrogens (primary N) is 1. The van der Waals surface area contributed by atoms with E-state index in [0.29, 0.717) is 23.7 Å². The van der Waals surface area contributed by atoms with Crippen molar-refractivity contribution in [3.63, 3.8) is 0 Å². The second-order valence-corrected chi connectivity index (χ2v) is 4.37. The van der Waals surface area contributed by atoms with Crippen molar-refractivity contribution in [1.82, 2.24) is 9.78 Å². The standard InChI is InChI=1S/C12H11ClF3N3/c13-9-7-8(3-5-17)1-2-10(9)19-6-4-11(18-19)12(14,15)16/h1-2,4,6-7H,3,5,17H2. The predicted molar refractivity (Wildman–Crippen MR) is 66.3 cm³/mol. The molecule has 0 unspecified atom stereocenters. The fraction of sp³-hybridized carbons (Fsp3) is 0.250. The van der Waals surface area contributed by atoms with Crippen molar-refractivity contribution in [3.8, 4) is 5.69 Å². The van der Waals surface area contributed by atoms with Crippen LogP contribution in [0.3, 0.4) is 0 Å². The quantitative estimate of drug-likeness (QED) is 0.944. The monoisotopic (exact) mass is 289 g/mol. The Labute approximate surface area is 112 Å². The highest BCUT2D eigenvalue weighted by Crippen LogP contribution is 2.29. The summed E-state index contributed by atoms with van der Waals surface area (Å²) < 4.78 is 38.5. The van der Waals surface area contributed by atoms with E-state index in [0.717, 1.165) is 16.3 Å². The molecule has 2 aromatic rings. The van der Waals surface area contributed by atoms with E-state index in [-0.39, 0.29) is 0 Å². The second-order valence-electron chi connectivity index (χ2n) is 3.97. The second kappa shape index (κ2) is 5.22. The van der Waals surface area contributed by atoms with Gasteiger partial charge in [0.25, 0.3) is 0 Å². The molecule has 1 aromatic heterocycles. The third-order valence-electron chi connectivity index (χ3n) is 2.57. The largest absolute Gasteiger partial charge is 0.435 e. The Balaban J connectivity index is 2.34. The van der Waals surface area contributed by atoms with E-state index < -0.39 is 11.9 Å². The number of halogens is 4. The van der Waals surface area contributed by atoms with Gasteiger partial charge >= 0.3 is 6.18 Å². The highest BCUT2D eigenvalue weighted by atomic mass is 35.5. The van der Waals surface area contributed by atoms with Gasteiger partial charge in [-0.1, -0.05) is 17.7 Å². The summed E-state index contributed by atoms with van der Waals surface area (Å²) in [6.07, 6.45) is -2.57. The molecule has 0 atom stereocenters. The molecule has 7 heteroatoms. The molecule has 1 heterocycles. The average molecular weight is 290 g/mol. The molecular formula is C12H11ClF3N3. The maximum absolute atomic E-state index is 12.5. The first-order valence-corrected chi connectivity index (χ1v) is 5.91. The lowest BCUT2D eigenvalue weighted by Crippen LogP contribution is -2.07. The fourth-order valence-corrected chi connectivity index (χ4v) is 1.96. The zero-order valence-electron chi connectivity index (χ0n) is 9.78. The first-order valence-electron chi connectivity index (χ1n) is 5.53. The molecule has 0 aliphatic rings. The third kappa shape index (κ3) is 3.08. The van der Waals surface area contributed by atoms with Crippen LogP contribution >= 0.6 is 11.6 Å². The van der Waals surface area contributed by atoms with Crippen molar-refractivity contribution < 1.29 is 13.2 Å². The summed E-state index contributed by atoms with van der Waals surface area (Å²) in [4.78, 5) is 0. The summed E-state index contributed by atoms with van der Waals surface area (Å²) in [5.74, 6) is 0. The number of benzene rings is 1. The molecule has 102 valence electrons. The summed E-state index contributed by atoms with van der Waals surface area (Å²) in [6.45, 7) is 0.482. The van der Waals surface area contributed by atoms with E-state index in [4.69, 9.17) is 17.3 Å². The Morgan fingerprint density at radius 1 is 1.26 bits per heavy atom. The smallest absolute Gasteiger partial charge is 0.330 e. The van der Waals surface area contributed by atoms with Crippen molar-refractivity contribution in [3.05, 3.63) is 46.7 Å². The van der Waals surface area contributed by atoms with Crippen molar-refractivity contribution in [2.45, 2.75) is 12.6 Å². The minimum atomic E-state index is -4.46. The van der Waals surface area contributed by atoms with Gasteiger partial charge in [-0.05, 0) is 36.7 Å². The molecule has 0 amide bonds. The van der Waals surface area contributed by atoms with E-state index >= 15 is 0 Å². The van der Waals surface area contributed by atoms with Gasteiger partial charge in [0.1, 0.15) is 0 Å². The van der Waals surface area contributed by atoms with Crippen LogP contribution in [0, 0.1) is 0 Å². The van der Waals surface area contributed by atoms with Gasteiger partial charge in [0.2, 0.25) is 0 Å². The Kier molecular flexibility index (Phi) is 3.82. The van der Waals surface area contributed by atoms with Crippen LogP contribution in [-0.2, 0) is 12.6 Å². The predicted octanol–water partition coefficient (Wildman–Crippen LogP) is 3.05. The zero-order valence-corrected chi connectivity index (χ0v) is 10.5. The van der Waals surface area contributed by atoms with Crippen LogP contribution in [-0.4, -0.2) is 16.3 Å². The molecular weight excluding hydrogens is 279 g/mol. The maximum atomic E-state index is 12.5. The first-order chi connectivity index (χ1) is 8.91. The summed E-state index contributed by atoms with van der Waals surface area (Å²) >= 11 is 6.04. The summed E-state index contributed by atoms with van der Waals surface area (Å²) in [5.41, 5.74) is 5.81. The molecule has 0 radical (unpaired) electrons. The molecule has 2 N–H and O–H groups in total. The van der Waals surface area contributed by atoms with Gasteiger partial charge in [-0.15, -0.1) is 0 Å². The average Bonchev–Trinajstić information content (AvgIpc) is 2.78. The number of alkyl halides is 3. The topological polar surface area (TPSA) is 43.8 Å². The fourth-order valence-electron chi connectivity index (χ4n) is 1.67. The minimum Gasteiger partial charge on any atom is -0.330 e. The Bertz CT molecular complexity index is 578. The van der Waals surface area contributed by atoms with Gasteiger partial charge < -0.3 is 5.73 Å². The molecule has 2 rings (SSSR count). The number of hydrogen-bond donors (Lipinski definition) is 1. The number of aromatic nitrogens is 2. The van der Waals surface area contributed by atoms with Gasteiger partial charge in [0.15, 0.2) is 5.69 Å². The Morgan fingerprint density at radius 2 is 2.00 bits per heavy atom. The van der Waals surface area contributed by atoms with Crippen LogP contribution < -0.4 is 5.73 Å². The van der Waals surface area contributed by atoms with Crippen molar-refractivity contribution in [2.24, 2.45) is 5.73 Å². The highest BCUT2D eigenvalue weighted by Gasteiger charge is 2.33. The molecule has 0 bridgehead atoms. The molecule has 0 spiro atoms. The molecule has 0 aliphatic carbocycles. The zero-order chi connectivity index (χ0) is 14.0. The first kappa shape index (κ1) is 13.9. The van der Waals surface area contributed by atoms with Gasteiger partial charge in [0.05, 0.1) is 10.7 Å². The van der Waals surface area contributed by atoms with E-state index in [9.17, 15) is 13.2 Å². The summed E-state index contributed by atoms with van der Waals surface area (Å²) in [7, 11) is 0. The minimum absolute atomic E-state index is 0.336. The number of hydrogen-bond acceptors (Lipinski definition) is 2. The van der Waals surface area contributed by atoms with Gasteiger partial charge in [-0.3, -0.25) is 0 Å².